The summed E-state index contributed by atoms with van der Waals surface area (Å²) in [5.41, 5.74) is 4.00. The van der Waals surface area contributed by atoms with Crippen LogP contribution in [0, 0.1) is 0 Å². The number of unbranched alkanes of at least 4 members (excludes halogenated alkanes) is 1. The molecule has 0 bridgehead atoms. The predicted octanol–water partition coefficient (Wildman–Crippen LogP) is 4.99. The molecule has 2 aromatic carbocycles. The lowest BCUT2D eigenvalue weighted by atomic mass is 9.74. The maximum atomic E-state index is 12.8. The number of alkyl carbamates (subject to hydrolysis) is 1. The second-order valence-electron chi connectivity index (χ2n) is 9.77. The molecule has 2 aliphatic carbocycles. The molecule has 7 nitrogen and oxygen atoms in total. The molecular weight excluding hydrogens is 444 g/mol. The Kier molecular flexibility index (Phi) is 7.73. The minimum absolute atomic E-state index is 0.0240. The zero-order valence-electron chi connectivity index (χ0n) is 20.2. The van der Waals surface area contributed by atoms with Crippen molar-refractivity contribution in [1.29, 1.82) is 0 Å². The molecule has 2 aromatic rings. The summed E-state index contributed by atoms with van der Waals surface area (Å²) in [5.74, 6) is -1.18. The number of carbonyl (C=O) groups is 3. The first kappa shape index (κ1) is 24.8. The van der Waals surface area contributed by atoms with Crippen LogP contribution in [0.3, 0.4) is 0 Å². The molecule has 1 saturated carbocycles. The molecule has 4 rings (SSSR count). The van der Waals surface area contributed by atoms with Gasteiger partial charge in [-0.15, -0.1) is 0 Å². The number of benzene rings is 2. The molecule has 1 atom stereocenters. The quantitative estimate of drug-likeness (QED) is 0.422. The highest BCUT2D eigenvalue weighted by atomic mass is 16.5. The van der Waals surface area contributed by atoms with E-state index >= 15 is 0 Å². The molecule has 35 heavy (non-hydrogen) atoms. The van der Waals surface area contributed by atoms with Crippen LogP contribution in [0.5, 0.6) is 0 Å². The van der Waals surface area contributed by atoms with Crippen LogP contribution in [-0.4, -0.2) is 41.3 Å². The molecule has 7 heteroatoms. The molecule has 0 heterocycles. The van der Waals surface area contributed by atoms with Gasteiger partial charge in [-0.3, -0.25) is 9.59 Å². The van der Waals surface area contributed by atoms with Gasteiger partial charge in [-0.05, 0) is 47.9 Å². The zero-order valence-corrected chi connectivity index (χ0v) is 20.2. The van der Waals surface area contributed by atoms with Gasteiger partial charge in [0.05, 0.1) is 12.0 Å². The Balaban J connectivity index is 1.34. The van der Waals surface area contributed by atoms with Crippen molar-refractivity contribution < 1.29 is 24.2 Å². The summed E-state index contributed by atoms with van der Waals surface area (Å²) >= 11 is 0. The Morgan fingerprint density at radius 1 is 1.06 bits per heavy atom. The van der Waals surface area contributed by atoms with Crippen molar-refractivity contribution in [2.45, 2.75) is 75.8 Å². The second-order valence-corrected chi connectivity index (χ2v) is 9.77. The van der Waals surface area contributed by atoms with Crippen LogP contribution in [0.25, 0.3) is 11.1 Å². The van der Waals surface area contributed by atoms with Gasteiger partial charge in [0.1, 0.15) is 6.61 Å². The summed E-state index contributed by atoms with van der Waals surface area (Å²) in [4.78, 5) is 36.7. The third kappa shape index (κ3) is 5.84. The normalized spacial score (nSPS) is 16.4. The summed E-state index contributed by atoms with van der Waals surface area (Å²) < 4.78 is 5.68. The third-order valence-electron chi connectivity index (χ3n) is 7.21. The number of carbonyl (C=O) groups excluding carboxylic acids is 2. The number of hydrogen-bond donors (Lipinski definition) is 3. The van der Waals surface area contributed by atoms with Crippen LogP contribution in [0.4, 0.5) is 4.79 Å². The SMILES string of the molecule is CCCCC(CC(=O)O)NC(=O)CC1(NC(=O)OCC2c3ccccc3-c3ccccc32)CCC1. The number of rotatable bonds is 11. The van der Waals surface area contributed by atoms with E-state index in [0.29, 0.717) is 19.3 Å². The third-order valence-corrected chi connectivity index (χ3v) is 7.21. The van der Waals surface area contributed by atoms with Gasteiger partial charge in [0.25, 0.3) is 0 Å². The number of aliphatic carboxylic acids is 1. The van der Waals surface area contributed by atoms with Gasteiger partial charge >= 0.3 is 12.1 Å². The van der Waals surface area contributed by atoms with Crippen molar-refractivity contribution in [1.82, 2.24) is 10.6 Å². The lowest BCUT2D eigenvalue weighted by Gasteiger charge is -2.41. The molecule has 2 amide bonds. The van der Waals surface area contributed by atoms with Gasteiger partial charge in [0.15, 0.2) is 0 Å². The molecule has 1 unspecified atom stereocenters. The van der Waals surface area contributed by atoms with Crippen LogP contribution in [0.2, 0.25) is 0 Å². The predicted molar refractivity (Wildman–Crippen MR) is 133 cm³/mol. The van der Waals surface area contributed by atoms with E-state index in [1.807, 2.05) is 31.2 Å². The summed E-state index contributed by atoms with van der Waals surface area (Å²) in [6.07, 6.45) is 4.23. The van der Waals surface area contributed by atoms with Gasteiger partial charge in [-0.1, -0.05) is 68.3 Å². The van der Waals surface area contributed by atoms with E-state index in [1.54, 1.807) is 0 Å². The number of nitrogens with one attached hydrogen (secondary N) is 2. The monoisotopic (exact) mass is 478 g/mol. The highest BCUT2D eigenvalue weighted by molar-refractivity contribution is 5.81. The number of fused-ring (bicyclic) bond motifs is 3. The van der Waals surface area contributed by atoms with Gasteiger partial charge < -0.3 is 20.5 Å². The zero-order chi connectivity index (χ0) is 24.8. The van der Waals surface area contributed by atoms with E-state index < -0.39 is 23.6 Å². The molecule has 0 spiro atoms. The lowest BCUT2D eigenvalue weighted by molar-refractivity contribution is -0.137. The van der Waals surface area contributed by atoms with Crippen LogP contribution >= 0.6 is 0 Å². The first-order valence-corrected chi connectivity index (χ1v) is 12.5. The topological polar surface area (TPSA) is 105 Å². The van der Waals surface area contributed by atoms with Crippen molar-refractivity contribution >= 4 is 18.0 Å². The number of carboxylic acid groups (broad SMARTS) is 1. The Labute approximate surface area is 206 Å². The Morgan fingerprint density at radius 2 is 1.69 bits per heavy atom. The number of hydrogen-bond acceptors (Lipinski definition) is 4. The van der Waals surface area contributed by atoms with Gasteiger partial charge in [-0.2, -0.15) is 0 Å². The van der Waals surface area contributed by atoms with Crippen molar-refractivity contribution in [3.63, 3.8) is 0 Å². The van der Waals surface area contributed by atoms with Crippen molar-refractivity contribution in [2.75, 3.05) is 6.61 Å². The van der Waals surface area contributed by atoms with Crippen LogP contribution < -0.4 is 10.6 Å². The van der Waals surface area contributed by atoms with Gasteiger partial charge in [0.2, 0.25) is 5.91 Å². The van der Waals surface area contributed by atoms with E-state index in [1.165, 1.54) is 11.1 Å². The van der Waals surface area contributed by atoms with Crippen molar-refractivity contribution in [3.05, 3.63) is 59.7 Å². The number of amides is 2. The van der Waals surface area contributed by atoms with E-state index in [4.69, 9.17) is 9.84 Å². The molecular formula is C28H34N2O5. The second kappa shape index (κ2) is 10.9. The smallest absolute Gasteiger partial charge is 0.407 e. The van der Waals surface area contributed by atoms with Crippen LogP contribution in [0.1, 0.15) is 75.3 Å². The highest BCUT2D eigenvalue weighted by Gasteiger charge is 2.41. The Hall–Kier alpha value is -3.35. The standard InChI is InChI=1S/C28H34N2O5/c1-2-3-9-19(16-26(32)33)29-25(31)17-28(14-8-15-28)30-27(34)35-18-24-22-12-6-4-10-20(22)21-11-5-7-13-23(21)24/h4-7,10-13,19,24H,2-3,8-9,14-18H2,1H3,(H,29,31)(H,30,34)(H,32,33). The molecule has 0 radical (unpaired) electrons. The molecule has 0 aromatic heterocycles. The van der Waals surface area contributed by atoms with E-state index in [2.05, 4.69) is 34.9 Å². The van der Waals surface area contributed by atoms with Crippen LogP contribution in [-0.2, 0) is 14.3 Å². The van der Waals surface area contributed by atoms with Gasteiger partial charge in [-0.25, -0.2) is 4.79 Å². The lowest BCUT2D eigenvalue weighted by Crippen LogP contribution is -2.56. The maximum absolute atomic E-state index is 12.8. The van der Waals surface area contributed by atoms with E-state index in [0.717, 1.165) is 30.4 Å². The first-order chi connectivity index (χ1) is 16.9. The summed E-state index contributed by atoms with van der Waals surface area (Å²) in [6.45, 7) is 2.25. The summed E-state index contributed by atoms with van der Waals surface area (Å²) in [5, 5.41) is 15.0. The largest absolute Gasteiger partial charge is 0.481 e. The van der Waals surface area contributed by atoms with Gasteiger partial charge in [0, 0.05) is 18.4 Å². The fourth-order valence-electron chi connectivity index (χ4n) is 5.27. The fourth-order valence-corrected chi connectivity index (χ4v) is 5.27. The number of ether oxygens (including phenoxy) is 1. The van der Waals surface area contributed by atoms with Crippen molar-refractivity contribution in [2.24, 2.45) is 0 Å². The summed E-state index contributed by atoms with van der Waals surface area (Å²) in [7, 11) is 0. The summed E-state index contributed by atoms with van der Waals surface area (Å²) in [6, 6.07) is 16.0. The molecule has 0 saturated heterocycles. The molecule has 186 valence electrons. The Morgan fingerprint density at radius 3 is 2.23 bits per heavy atom. The molecule has 3 N–H and O–H groups in total. The molecule has 0 aliphatic heterocycles. The molecule has 1 fully saturated rings. The van der Waals surface area contributed by atoms with E-state index in [9.17, 15) is 14.4 Å². The Bertz CT molecular complexity index is 1030. The van der Waals surface area contributed by atoms with Crippen LogP contribution in [0.15, 0.2) is 48.5 Å². The minimum atomic E-state index is -0.929. The maximum Gasteiger partial charge on any atom is 0.407 e. The van der Waals surface area contributed by atoms with E-state index in [-0.39, 0.29) is 31.3 Å². The average molecular weight is 479 g/mol. The number of carboxylic acids is 1. The minimum Gasteiger partial charge on any atom is -0.481 e. The molecule has 2 aliphatic rings. The average Bonchev–Trinajstić information content (AvgIpc) is 3.13. The fraction of sp³-hybridized carbons (Fsp3) is 0.464. The first-order valence-electron chi connectivity index (χ1n) is 12.5. The van der Waals surface area contributed by atoms with Crippen molar-refractivity contribution in [3.8, 4) is 11.1 Å². The highest BCUT2D eigenvalue weighted by Crippen LogP contribution is 2.44.